The molecule has 1 aliphatic heterocycles. The van der Waals surface area contributed by atoms with E-state index in [1.807, 2.05) is 50.2 Å². The van der Waals surface area contributed by atoms with Gasteiger partial charge in [0, 0.05) is 28.5 Å². The lowest BCUT2D eigenvalue weighted by molar-refractivity contribution is -0.149. The maximum absolute atomic E-state index is 12.8. The number of esters is 1. The first-order valence-electron chi connectivity index (χ1n) is 8.16. The summed E-state index contributed by atoms with van der Waals surface area (Å²) >= 11 is 3.63. The lowest BCUT2D eigenvalue weighted by atomic mass is 9.68. The Morgan fingerprint density at radius 3 is 2.68 bits per heavy atom. The zero-order valence-corrected chi connectivity index (χ0v) is 16.1. The second-order valence-electron chi connectivity index (χ2n) is 6.47. The Morgan fingerprint density at radius 1 is 1.28 bits per heavy atom. The number of rotatable bonds is 3. The Morgan fingerprint density at radius 2 is 2.04 bits per heavy atom. The number of nitrogens with zero attached hydrogens (tertiary/aromatic N) is 1. The monoisotopic (exact) mass is 400 g/mol. The van der Waals surface area contributed by atoms with Crippen molar-refractivity contribution in [2.75, 3.05) is 7.11 Å². The van der Waals surface area contributed by atoms with Crippen LogP contribution in [0, 0.1) is 5.92 Å². The molecule has 3 atom stereocenters. The van der Waals surface area contributed by atoms with Crippen LogP contribution in [-0.2, 0) is 15.1 Å². The van der Waals surface area contributed by atoms with Crippen LogP contribution in [0.3, 0.4) is 0 Å². The molecule has 130 valence electrons. The Balaban J connectivity index is 2.19. The van der Waals surface area contributed by atoms with E-state index in [0.717, 1.165) is 21.3 Å². The molecule has 1 N–H and O–H groups in total. The van der Waals surface area contributed by atoms with Gasteiger partial charge in [-0.15, -0.1) is 0 Å². The van der Waals surface area contributed by atoms with Crippen molar-refractivity contribution in [3.63, 3.8) is 0 Å². The summed E-state index contributed by atoms with van der Waals surface area (Å²) in [5.41, 5.74) is 2.41. The minimum absolute atomic E-state index is 0.116. The van der Waals surface area contributed by atoms with Gasteiger partial charge in [0.15, 0.2) is 0 Å². The predicted molar refractivity (Wildman–Crippen MR) is 101 cm³/mol. The van der Waals surface area contributed by atoms with Crippen molar-refractivity contribution in [3.8, 4) is 0 Å². The standard InChI is InChI=1S/C20H21BrN2O2/c1-13-11-16(15-8-4-5-9-17(15)21)18(19(24)25-3)20(2,23-13)14-7-6-10-22-12-14/h4-12,16,18,23H,1-3H3. The third-order valence-electron chi connectivity index (χ3n) is 4.85. The quantitative estimate of drug-likeness (QED) is 0.786. The second kappa shape index (κ2) is 7.00. The average molecular weight is 401 g/mol. The zero-order chi connectivity index (χ0) is 18.0. The van der Waals surface area contributed by atoms with Gasteiger partial charge in [-0.05, 0) is 37.1 Å². The Hall–Kier alpha value is -2.14. The van der Waals surface area contributed by atoms with Gasteiger partial charge in [0.2, 0.25) is 0 Å². The summed E-state index contributed by atoms with van der Waals surface area (Å²) in [4.78, 5) is 17.1. The molecule has 2 heterocycles. The molecular formula is C20H21BrN2O2. The topological polar surface area (TPSA) is 51.2 Å². The molecule has 4 nitrogen and oxygen atoms in total. The van der Waals surface area contributed by atoms with Crippen molar-refractivity contribution in [2.45, 2.75) is 25.3 Å². The van der Waals surface area contributed by atoms with Gasteiger partial charge in [0.05, 0.1) is 18.6 Å². The van der Waals surface area contributed by atoms with Crippen LogP contribution in [-0.4, -0.2) is 18.1 Å². The van der Waals surface area contributed by atoms with Gasteiger partial charge >= 0.3 is 5.97 Å². The molecule has 0 fully saturated rings. The number of pyridine rings is 1. The van der Waals surface area contributed by atoms with Crippen LogP contribution in [0.25, 0.3) is 0 Å². The molecule has 0 amide bonds. The highest BCUT2D eigenvalue weighted by Crippen LogP contribution is 2.45. The first-order valence-corrected chi connectivity index (χ1v) is 8.96. The van der Waals surface area contributed by atoms with Gasteiger partial charge in [-0.1, -0.05) is 46.3 Å². The van der Waals surface area contributed by atoms with Gasteiger partial charge < -0.3 is 10.1 Å². The maximum Gasteiger partial charge on any atom is 0.312 e. The van der Waals surface area contributed by atoms with E-state index in [2.05, 4.69) is 32.3 Å². The number of carbonyl (C=O) groups is 1. The number of carbonyl (C=O) groups excluding carboxylic acids is 1. The summed E-state index contributed by atoms with van der Waals surface area (Å²) < 4.78 is 6.17. The molecule has 1 aromatic carbocycles. The van der Waals surface area contributed by atoms with E-state index in [4.69, 9.17) is 4.74 Å². The SMILES string of the molecule is COC(=O)C1C(c2ccccc2Br)C=C(C)NC1(C)c1cccnc1. The van der Waals surface area contributed by atoms with E-state index in [1.165, 1.54) is 7.11 Å². The smallest absolute Gasteiger partial charge is 0.312 e. The number of nitrogens with one attached hydrogen (secondary N) is 1. The lowest BCUT2D eigenvalue weighted by Crippen LogP contribution is -2.53. The molecule has 0 radical (unpaired) electrons. The molecule has 3 rings (SSSR count). The van der Waals surface area contributed by atoms with Crippen LogP contribution >= 0.6 is 15.9 Å². The van der Waals surface area contributed by atoms with Gasteiger partial charge in [-0.3, -0.25) is 9.78 Å². The minimum atomic E-state index is -0.625. The van der Waals surface area contributed by atoms with Crippen LogP contribution < -0.4 is 5.32 Å². The number of aromatic nitrogens is 1. The minimum Gasteiger partial charge on any atom is -0.469 e. The molecule has 3 unspecified atom stereocenters. The Bertz CT molecular complexity index is 806. The number of hydrogen-bond acceptors (Lipinski definition) is 4. The molecular weight excluding hydrogens is 380 g/mol. The molecule has 0 saturated heterocycles. The summed E-state index contributed by atoms with van der Waals surface area (Å²) in [6, 6.07) is 11.9. The summed E-state index contributed by atoms with van der Waals surface area (Å²) in [7, 11) is 1.44. The highest BCUT2D eigenvalue weighted by Gasteiger charge is 2.48. The normalized spacial score (nSPS) is 25.7. The lowest BCUT2D eigenvalue weighted by Gasteiger charge is -2.45. The predicted octanol–water partition coefficient (Wildman–Crippen LogP) is 4.14. The molecule has 0 saturated carbocycles. The third kappa shape index (κ3) is 3.21. The molecule has 1 aliphatic rings. The molecule has 2 aromatic rings. The van der Waals surface area contributed by atoms with Crippen molar-refractivity contribution >= 4 is 21.9 Å². The number of halogens is 1. The first kappa shape index (κ1) is 17.7. The fourth-order valence-electron chi connectivity index (χ4n) is 3.70. The molecule has 0 aliphatic carbocycles. The molecule has 5 heteroatoms. The summed E-state index contributed by atoms with van der Waals surface area (Å²) in [6.45, 7) is 4.05. The number of hydrogen-bond donors (Lipinski definition) is 1. The van der Waals surface area contributed by atoms with Gasteiger partial charge in [0.25, 0.3) is 0 Å². The Kier molecular flexibility index (Phi) is 4.95. The third-order valence-corrected chi connectivity index (χ3v) is 5.57. The fraction of sp³-hybridized carbons (Fsp3) is 0.300. The van der Waals surface area contributed by atoms with E-state index in [1.54, 1.807) is 12.4 Å². The zero-order valence-electron chi connectivity index (χ0n) is 14.5. The number of ether oxygens (including phenoxy) is 1. The van der Waals surface area contributed by atoms with Crippen LogP contribution in [0.5, 0.6) is 0 Å². The van der Waals surface area contributed by atoms with Gasteiger partial charge in [-0.25, -0.2) is 0 Å². The highest BCUT2D eigenvalue weighted by molar-refractivity contribution is 9.10. The van der Waals surface area contributed by atoms with Crippen molar-refractivity contribution in [1.82, 2.24) is 10.3 Å². The van der Waals surface area contributed by atoms with E-state index in [0.29, 0.717) is 0 Å². The molecule has 0 bridgehead atoms. The van der Waals surface area contributed by atoms with E-state index in [-0.39, 0.29) is 11.9 Å². The average Bonchev–Trinajstić information content (AvgIpc) is 2.61. The van der Waals surface area contributed by atoms with Gasteiger partial charge in [0.1, 0.15) is 0 Å². The molecule has 0 spiro atoms. The fourth-order valence-corrected chi connectivity index (χ4v) is 4.25. The maximum atomic E-state index is 12.8. The summed E-state index contributed by atoms with van der Waals surface area (Å²) in [5.74, 6) is -0.790. The second-order valence-corrected chi connectivity index (χ2v) is 7.32. The first-order chi connectivity index (χ1) is 12.0. The van der Waals surface area contributed by atoms with E-state index >= 15 is 0 Å². The van der Waals surface area contributed by atoms with Crippen LogP contribution in [0.15, 0.2) is 65.0 Å². The van der Waals surface area contributed by atoms with Crippen molar-refractivity contribution in [3.05, 3.63) is 76.2 Å². The van der Waals surface area contributed by atoms with Crippen LogP contribution in [0.1, 0.15) is 30.9 Å². The highest BCUT2D eigenvalue weighted by atomic mass is 79.9. The number of benzene rings is 1. The summed E-state index contributed by atoms with van der Waals surface area (Å²) in [6.07, 6.45) is 5.63. The summed E-state index contributed by atoms with van der Waals surface area (Å²) in [5, 5.41) is 3.50. The van der Waals surface area contributed by atoms with Gasteiger partial charge in [-0.2, -0.15) is 0 Å². The number of allylic oxidation sites excluding steroid dienone is 2. The molecule has 1 aromatic heterocycles. The van der Waals surface area contributed by atoms with Crippen molar-refractivity contribution in [1.29, 1.82) is 0 Å². The van der Waals surface area contributed by atoms with Crippen LogP contribution in [0.4, 0.5) is 0 Å². The van der Waals surface area contributed by atoms with E-state index < -0.39 is 11.5 Å². The van der Waals surface area contributed by atoms with Crippen LogP contribution in [0.2, 0.25) is 0 Å². The van der Waals surface area contributed by atoms with E-state index in [9.17, 15) is 4.79 Å². The molecule has 25 heavy (non-hydrogen) atoms. The largest absolute Gasteiger partial charge is 0.469 e. The Labute approximate surface area is 156 Å². The van der Waals surface area contributed by atoms with Crippen molar-refractivity contribution in [2.24, 2.45) is 5.92 Å². The van der Waals surface area contributed by atoms with Crippen molar-refractivity contribution < 1.29 is 9.53 Å². The number of methoxy groups -OCH3 is 1.